The van der Waals surface area contributed by atoms with E-state index in [1.54, 1.807) is 0 Å². The van der Waals surface area contributed by atoms with Gasteiger partial charge in [-0.25, -0.2) is 17.5 Å². The number of halogens is 2. The van der Waals surface area contributed by atoms with Crippen LogP contribution in [0.25, 0.3) is 0 Å². The summed E-state index contributed by atoms with van der Waals surface area (Å²) in [5, 5.41) is 0. The fourth-order valence-electron chi connectivity index (χ4n) is 2.77. The summed E-state index contributed by atoms with van der Waals surface area (Å²) in [6.07, 6.45) is 4.34. The molecule has 1 aliphatic carbocycles. The SMILES string of the molecule is Cl.NCC(NS(=O)(=O)Cc1ccc(F)cc1)C1CCCC1. The predicted octanol–water partition coefficient (Wildman–Crippen LogP) is 2.18. The maximum atomic E-state index is 12.8. The topological polar surface area (TPSA) is 72.2 Å². The summed E-state index contributed by atoms with van der Waals surface area (Å²) in [6.45, 7) is 0.313. The van der Waals surface area contributed by atoms with Gasteiger partial charge in [0.2, 0.25) is 10.0 Å². The molecule has 3 N–H and O–H groups in total. The molecule has 0 radical (unpaired) electrons. The lowest BCUT2D eigenvalue weighted by Gasteiger charge is -2.23. The van der Waals surface area contributed by atoms with E-state index in [9.17, 15) is 12.8 Å². The number of nitrogens with two attached hydrogens (primary N) is 1. The molecule has 4 nitrogen and oxygen atoms in total. The van der Waals surface area contributed by atoms with Gasteiger partial charge in [0.05, 0.1) is 5.75 Å². The summed E-state index contributed by atoms with van der Waals surface area (Å²) in [4.78, 5) is 0. The number of sulfonamides is 1. The molecule has 0 aliphatic heterocycles. The summed E-state index contributed by atoms with van der Waals surface area (Å²) in [7, 11) is -3.45. The van der Waals surface area contributed by atoms with Crippen LogP contribution in [0.1, 0.15) is 31.2 Å². The van der Waals surface area contributed by atoms with Crippen molar-refractivity contribution in [2.75, 3.05) is 6.54 Å². The van der Waals surface area contributed by atoms with Crippen molar-refractivity contribution in [3.05, 3.63) is 35.6 Å². The van der Waals surface area contributed by atoms with E-state index in [4.69, 9.17) is 5.73 Å². The van der Waals surface area contributed by atoms with E-state index < -0.39 is 10.0 Å². The molecule has 0 amide bonds. The lowest BCUT2D eigenvalue weighted by atomic mass is 9.99. The molecule has 0 saturated heterocycles. The zero-order valence-corrected chi connectivity index (χ0v) is 13.4. The molecule has 21 heavy (non-hydrogen) atoms. The Morgan fingerprint density at radius 1 is 1.24 bits per heavy atom. The molecule has 0 bridgehead atoms. The molecule has 1 aromatic carbocycles. The monoisotopic (exact) mass is 336 g/mol. The van der Waals surface area contributed by atoms with Gasteiger partial charge in [-0.1, -0.05) is 25.0 Å². The third-order valence-electron chi connectivity index (χ3n) is 3.82. The minimum atomic E-state index is -3.45. The fraction of sp³-hybridized carbons (Fsp3) is 0.571. The first-order valence-corrected chi connectivity index (χ1v) is 8.60. The molecular formula is C14H22ClFN2O2S. The largest absolute Gasteiger partial charge is 0.329 e. The zero-order chi connectivity index (χ0) is 14.6. The van der Waals surface area contributed by atoms with Crippen LogP contribution in [0, 0.1) is 11.7 Å². The van der Waals surface area contributed by atoms with Gasteiger partial charge in [-0.2, -0.15) is 0 Å². The Morgan fingerprint density at radius 3 is 2.33 bits per heavy atom. The Kier molecular flexibility index (Phi) is 7.06. The minimum Gasteiger partial charge on any atom is -0.329 e. The molecular weight excluding hydrogens is 315 g/mol. The van der Waals surface area contributed by atoms with Gasteiger partial charge in [-0.15, -0.1) is 12.4 Å². The average molecular weight is 337 g/mol. The van der Waals surface area contributed by atoms with Crippen LogP contribution in [0.5, 0.6) is 0 Å². The second-order valence-corrected chi connectivity index (χ2v) is 7.14. The molecule has 0 heterocycles. The quantitative estimate of drug-likeness (QED) is 0.836. The molecule has 1 aliphatic rings. The van der Waals surface area contributed by atoms with Crippen LogP contribution in [0.4, 0.5) is 4.39 Å². The zero-order valence-electron chi connectivity index (χ0n) is 11.8. The van der Waals surface area contributed by atoms with Gasteiger partial charge in [0, 0.05) is 12.6 Å². The lowest BCUT2D eigenvalue weighted by Crippen LogP contribution is -2.44. The third kappa shape index (κ3) is 5.54. The van der Waals surface area contributed by atoms with E-state index in [2.05, 4.69) is 4.72 Å². The van der Waals surface area contributed by atoms with Crippen molar-refractivity contribution in [3.8, 4) is 0 Å². The summed E-state index contributed by atoms with van der Waals surface area (Å²) < 4.78 is 39.8. The summed E-state index contributed by atoms with van der Waals surface area (Å²) in [5.41, 5.74) is 6.27. The fourth-order valence-corrected chi connectivity index (χ4v) is 4.23. The highest BCUT2D eigenvalue weighted by molar-refractivity contribution is 7.88. The van der Waals surface area contributed by atoms with Crippen molar-refractivity contribution >= 4 is 22.4 Å². The normalized spacial score (nSPS) is 17.4. The maximum absolute atomic E-state index is 12.8. The maximum Gasteiger partial charge on any atom is 0.216 e. The van der Waals surface area contributed by atoms with Gasteiger partial charge in [-0.3, -0.25) is 0 Å². The van der Waals surface area contributed by atoms with Crippen LogP contribution in [-0.4, -0.2) is 21.0 Å². The number of hydrogen-bond acceptors (Lipinski definition) is 3. The molecule has 1 unspecified atom stereocenters. The third-order valence-corrected chi connectivity index (χ3v) is 5.20. The lowest BCUT2D eigenvalue weighted by molar-refractivity contribution is 0.405. The van der Waals surface area contributed by atoms with Gasteiger partial charge in [-0.05, 0) is 36.5 Å². The summed E-state index contributed by atoms with van der Waals surface area (Å²) in [6, 6.07) is 5.32. The highest BCUT2D eigenvalue weighted by atomic mass is 35.5. The molecule has 1 atom stereocenters. The average Bonchev–Trinajstić information content (AvgIpc) is 2.92. The molecule has 1 fully saturated rings. The Morgan fingerprint density at radius 2 is 1.81 bits per heavy atom. The van der Waals surface area contributed by atoms with Crippen molar-refractivity contribution in [1.29, 1.82) is 0 Å². The predicted molar refractivity (Wildman–Crippen MR) is 84.2 cm³/mol. The Balaban J connectivity index is 0.00000220. The van der Waals surface area contributed by atoms with Gasteiger partial charge in [0.25, 0.3) is 0 Å². The van der Waals surface area contributed by atoms with Crippen molar-refractivity contribution < 1.29 is 12.8 Å². The summed E-state index contributed by atoms with van der Waals surface area (Å²) >= 11 is 0. The highest BCUT2D eigenvalue weighted by Crippen LogP contribution is 2.27. The Hall–Kier alpha value is -0.690. The molecule has 2 rings (SSSR count). The van der Waals surface area contributed by atoms with E-state index in [0.29, 0.717) is 18.0 Å². The minimum absolute atomic E-state index is 0. The van der Waals surface area contributed by atoms with Gasteiger partial charge in [0.15, 0.2) is 0 Å². The highest BCUT2D eigenvalue weighted by Gasteiger charge is 2.27. The second kappa shape index (κ2) is 8.08. The van der Waals surface area contributed by atoms with Gasteiger partial charge in [0.1, 0.15) is 5.82 Å². The van der Waals surface area contributed by atoms with E-state index in [0.717, 1.165) is 25.7 Å². The van der Waals surface area contributed by atoms with Crippen LogP contribution in [0.2, 0.25) is 0 Å². The number of nitrogens with one attached hydrogen (secondary N) is 1. The van der Waals surface area contributed by atoms with Crippen LogP contribution >= 0.6 is 12.4 Å². The van der Waals surface area contributed by atoms with Crippen molar-refractivity contribution in [1.82, 2.24) is 4.72 Å². The van der Waals surface area contributed by atoms with Crippen molar-refractivity contribution in [3.63, 3.8) is 0 Å². The standard InChI is InChI=1S/C14H21FN2O2S.ClH/c15-13-7-5-11(6-8-13)10-20(18,19)17-14(9-16)12-3-1-2-4-12;/h5-8,12,14,17H,1-4,9-10,16H2;1H. The first-order valence-electron chi connectivity index (χ1n) is 6.95. The van der Waals surface area contributed by atoms with E-state index in [-0.39, 0.29) is 30.0 Å². The Bertz CT molecular complexity index is 530. The molecule has 1 aromatic rings. The van der Waals surface area contributed by atoms with Gasteiger partial charge >= 0.3 is 0 Å². The Labute approximate surface area is 131 Å². The second-order valence-electron chi connectivity index (χ2n) is 5.39. The molecule has 1 saturated carbocycles. The molecule has 7 heteroatoms. The number of benzene rings is 1. The van der Waals surface area contributed by atoms with E-state index in [1.165, 1.54) is 24.3 Å². The van der Waals surface area contributed by atoms with E-state index in [1.807, 2.05) is 0 Å². The first-order chi connectivity index (χ1) is 9.50. The van der Waals surface area contributed by atoms with Crippen molar-refractivity contribution in [2.45, 2.75) is 37.5 Å². The molecule has 0 aromatic heterocycles. The first kappa shape index (κ1) is 18.4. The molecule has 120 valence electrons. The van der Waals surface area contributed by atoms with Crippen LogP contribution in [0.3, 0.4) is 0 Å². The number of hydrogen-bond donors (Lipinski definition) is 2. The van der Waals surface area contributed by atoms with E-state index >= 15 is 0 Å². The molecule has 0 spiro atoms. The van der Waals surface area contributed by atoms with Crippen molar-refractivity contribution in [2.24, 2.45) is 11.7 Å². The van der Waals surface area contributed by atoms with Crippen LogP contribution in [0.15, 0.2) is 24.3 Å². The van der Waals surface area contributed by atoms with Gasteiger partial charge < -0.3 is 5.73 Å². The van der Waals surface area contributed by atoms with Crippen LogP contribution < -0.4 is 10.5 Å². The smallest absolute Gasteiger partial charge is 0.216 e. The summed E-state index contributed by atoms with van der Waals surface area (Å²) in [5.74, 6) is -0.177. The van der Waals surface area contributed by atoms with Crippen LogP contribution in [-0.2, 0) is 15.8 Å². The number of rotatable bonds is 6.